The fraction of sp³-hybridized carbons (Fsp3) is 0.143. The predicted molar refractivity (Wildman–Crippen MR) is 128 cm³/mol. The lowest BCUT2D eigenvalue weighted by molar-refractivity contribution is -0.384. The fourth-order valence-electron chi connectivity index (χ4n) is 5.85. The highest BCUT2D eigenvalue weighted by Crippen LogP contribution is 2.59. The second kappa shape index (κ2) is 7.63. The van der Waals surface area contributed by atoms with E-state index >= 15 is 0 Å². The van der Waals surface area contributed by atoms with Crippen molar-refractivity contribution in [3.05, 3.63) is 124 Å². The number of carbonyl (C=O) groups excluding carboxylic acids is 2. The van der Waals surface area contributed by atoms with Gasteiger partial charge in [0.2, 0.25) is 11.8 Å². The van der Waals surface area contributed by atoms with Crippen LogP contribution in [0.1, 0.15) is 11.1 Å². The Labute approximate surface area is 196 Å². The standard InChI is InChI=1S/C28H20N2O4/c31-27-25-19-15-16-20(26(25)28(32)29(27)21-13-7-8-14-22(21)30(33)34)24(19)23(17-9-3-1-4-10-17)18-11-5-2-6-12-18/h1-16,19-20,25-26H/t19-,20-,25+,26+/m0/s1. The van der Waals surface area contributed by atoms with E-state index in [-0.39, 0.29) is 35.0 Å². The molecule has 1 aliphatic heterocycles. The Balaban J connectivity index is 1.49. The molecule has 3 aromatic rings. The predicted octanol–water partition coefficient (Wildman–Crippen LogP) is 5.02. The number of carbonyl (C=O) groups is 2. The van der Waals surface area contributed by atoms with Crippen molar-refractivity contribution in [2.45, 2.75) is 0 Å². The van der Waals surface area contributed by atoms with E-state index in [4.69, 9.17) is 0 Å². The minimum atomic E-state index is -0.556. The minimum absolute atomic E-state index is 0.0492. The molecule has 2 aliphatic carbocycles. The number of nitrogens with zero attached hydrogens (tertiary/aromatic N) is 2. The van der Waals surface area contributed by atoms with Crippen LogP contribution in [0.2, 0.25) is 0 Å². The molecule has 2 bridgehead atoms. The van der Waals surface area contributed by atoms with Gasteiger partial charge in [-0.05, 0) is 28.3 Å². The first-order valence-electron chi connectivity index (χ1n) is 11.2. The van der Waals surface area contributed by atoms with E-state index in [1.807, 2.05) is 72.8 Å². The highest BCUT2D eigenvalue weighted by molar-refractivity contribution is 6.24. The van der Waals surface area contributed by atoms with Crippen LogP contribution in [-0.4, -0.2) is 16.7 Å². The molecule has 3 aliphatic rings. The van der Waals surface area contributed by atoms with Crippen LogP contribution >= 0.6 is 0 Å². The first-order chi connectivity index (χ1) is 16.6. The number of amides is 2. The van der Waals surface area contributed by atoms with Gasteiger partial charge in [-0.25, -0.2) is 4.90 Å². The minimum Gasteiger partial charge on any atom is -0.274 e. The summed E-state index contributed by atoms with van der Waals surface area (Å²) in [5.74, 6) is -2.29. The van der Waals surface area contributed by atoms with Crippen molar-refractivity contribution >= 4 is 28.8 Å². The number of hydrogen-bond donors (Lipinski definition) is 0. The molecule has 1 saturated carbocycles. The zero-order valence-electron chi connectivity index (χ0n) is 18.1. The van der Waals surface area contributed by atoms with Crippen molar-refractivity contribution in [2.75, 3.05) is 4.90 Å². The van der Waals surface area contributed by atoms with Gasteiger partial charge >= 0.3 is 0 Å². The molecule has 6 rings (SSSR count). The molecule has 2 amide bonds. The van der Waals surface area contributed by atoms with Gasteiger partial charge < -0.3 is 0 Å². The summed E-state index contributed by atoms with van der Waals surface area (Å²) < 4.78 is 0. The molecule has 2 fully saturated rings. The molecule has 3 aromatic carbocycles. The normalized spacial score (nSPS) is 24.6. The summed E-state index contributed by atoms with van der Waals surface area (Å²) in [4.78, 5) is 39.3. The van der Waals surface area contributed by atoms with Gasteiger partial charge in [0.25, 0.3) is 5.69 Å². The zero-order chi connectivity index (χ0) is 23.4. The van der Waals surface area contributed by atoms with E-state index in [9.17, 15) is 19.7 Å². The third-order valence-electron chi connectivity index (χ3n) is 7.15. The van der Waals surface area contributed by atoms with Gasteiger partial charge in [0.1, 0.15) is 5.69 Å². The van der Waals surface area contributed by atoms with E-state index in [0.717, 1.165) is 27.2 Å². The summed E-state index contributed by atoms with van der Waals surface area (Å²) in [5.41, 5.74) is 4.02. The highest BCUT2D eigenvalue weighted by Gasteiger charge is 2.63. The molecule has 0 aromatic heterocycles. The fourth-order valence-corrected chi connectivity index (χ4v) is 5.85. The number of benzene rings is 3. The molecular formula is C28H20N2O4. The van der Waals surface area contributed by atoms with E-state index < -0.39 is 16.8 Å². The Bertz CT molecular complexity index is 1320. The van der Waals surface area contributed by atoms with Crippen molar-refractivity contribution in [2.24, 2.45) is 23.7 Å². The summed E-state index contributed by atoms with van der Waals surface area (Å²) in [6.45, 7) is 0. The Kier molecular flexibility index (Phi) is 4.55. The molecule has 0 spiro atoms. The number of rotatable bonds is 4. The van der Waals surface area contributed by atoms with Crippen LogP contribution in [0.15, 0.2) is 103 Å². The lowest BCUT2D eigenvalue weighted by Crippen LogP contribution is -2.33. The van der Waals surface area contributed by atoms with Crippen LogP contribution < -0.4 is 4.90 Å². The van der Waals surface area contributed by atoms with E-state index in [1.165, 1.54) is 18.2 Å². The van der Waals surface area contributed by atoms with Crippen molar-refractivity contribution < 1.29 is 14.5 Å². The van der Waals surface area contributed by atoms with Gasteiger partial charge in [0.05, 0.1) is 16.8 Å². The molecule has 1 saturated heterocycles. The van der Waals surface area contributed by atoms with Gasteiger partial charge in [0, 0.05) is 17.9 Å². The Morgan fingerprint density at radius 1 is 0.706 bits per heavy atom. The van der Waals surface area contributed by atoms with Crippen molar-refractivity contribution in [3.8, 4) is 0 Å². The number of hydrogen-bond acceptors (Lipinski definition) is 4. The van der Waals surface area contributed by atoms with Gasteiger partial charge in [0.15, 0.2) is 0 Å². The second-order valence-corrected chi connectivity index (χ2v) is 8.81. The number of imide groups is 1. The number of nitro benzene ring substituents is 1. The summed E-state index contributed by atoms with van der Waals surface area (Å²) in [6, 6.07) is 26.0. The maximum atomic E-state index is 13.6. The summed E-state index contributed by atoms with van der Waals surface area (Å²) >= 11 is 0. The molecule has 0 unspecified atom stereocenters. The van der Waals surface area contributed by atoms with Crippen LogP contribution in [0.5, 0.6) is 0 Å². The Morgan fingerprint density at radius 3 is 1.68 bits per heavy atom. The maximum Gasteiger partial charge on any atom is 0.293 e. The summed E-state index contributed by atoms with van der Waals surface area (Å²) in [6.07, 6.45) is 4.06. The number of nitro groups is 1. The number of para-hydroxylation sites is 2. The highest BCUT2D eigenvalue weighted by atomic mass is 16.6. The van der Waals surface area contributed by atoms with Crippen LogP contribution in [-0.2, 0) is 9.59 Å². The third kappa shape index (κ3) is 2.81. The monoisotopic (exact) mass is 448 g/mol. The van der Waals surface area contributed by atoms with Gasteiger partial charge in [-0.3, -0.25) is 19.7 Å². The largest absolute Gasteiger partial charge is 0.293 e. The second-order valence-electron chi connectivity index (χ2n) is 8.81. The molecule has 6 heteroatoms. The van der Waals surface area contributed by atoms with E-state index in [0.29, 0.717) is 0 Å². The smallest absolute Gasteiger partial charge is 0.274 e. The van der Waals surface area contributed by atoms with Crippen molar-refractivity contribution in [3.63, 3.8) is 0 Å². The quantitative estimate of drug-likeness (QED) is 0.243. The van der Waals surface area contributed by atoms with Crippen molar-refractivity contribution in [1.29, 1.82) is 0 Å². The molecular weight excluding hydrogens is 428 g/mol. The SMILES string of the molecule is O=C1[C@H]2[C@H](C(=O)N1c1ccccc1[N+](=O)[O-])[C@H]1C=C[C@H]2C1=C(c1ccccc1)c1ccccc1. The average molecular weight is 448 g/mol. The molecule has 0 N–H and O–H groups in total. The molecule has 1 heterocycles. The topological polar surface area (TPSA) is 80.5 Å². The molecule has 4 atom stereocenters. The number of allylic oxidation sites excluding steroid dienone is 3. The average Bonchev–Trinajstić information content (AvgIpc) is 3.50. The molecule has 166 valence electrons. The zero-order valence-corrected chi connectivity index (χ0v) is 18.1. The third-order valence-corrected chi connectivity index (χ3v) is 7.15. The van der Waals surface area contributed by atoms with Crippen LogP contribution in [0.25, 0.3) is 5.57 Å². The lowest BCUT2D eigenvalue weighted by Gasteiger charge is -2.21. The van der Waals surface area contributed by atoms with E-state index in [1.54, 1.807) is 6.07 Å². The van der Waals surface area contributed by atoms with Crippen LogP contribution in [0.4, 0.5) is 11.4 Å². The molecule has 6 nitrogen and oxygen atoms in total. The van der Waals surface area contributed by atoms with Crippen molar-refractivity contribution in [1.82, 2.24) is 0 Å². The van der Waals surface area contributed by atoms with Crippen LogP contribution in [0.3, 0.4) is 0 Å². The summed E-state index contributed by atoms with van der Waals surface area (Å²) in [5, 5.41) is 11.6. The first kappa shape index (κ1) is 20.3. The molecule has 34 heavy (non-hydrogen) atoms. The molecule has 0 radical (unpaired) electrons. The van der Waals surface area contributed by atoms with Gasteiger partial charge in [-0.15, -0.1) is 0 Å². The number of anilines is 1. The Hall–Kier alpha value is -4.32. The number of fused-ring (bicyclic) bond motifs is 5. The lowest BCUT2D eigenvalue weighted by atomic mass is 9.85. The van der Waals surface area contributed by atoms with Gasteiger partial charge in [-0.2, -0.15) is 0 Å². The Morgan fingerprint density at radius 2 is 1.18 bits per heavy atom. The maximum absolute atomic E-state index is 13.6. The van der Waals surface area contributed by atoms with Gasteiger partial charge in [-0.1, -0.05) is 84.9 Å². The van der Waals surface area contributed by atoms with E-state index in [2.05, 4.69) is 0 Å². The summed E-state index contributed by atoms with van der Waals surface area (Å²) in [7, 11) is 0. The first-order valence-corrected chi connectivity index (χ1v) is 11.2. The van der Waals surface area contributed by atoms with Crippen LogP contribution in [0, 0.1) is 33.8 Å².